The van der Waals surface area contributed by atoms with Crippen molar-refractivity contribution in [2.24, 2.45) is 0 Å². The Morgan fingerprint density at radius 2 is 2.18 bits per heavy atom. The van der Waals surface area contributed by atoms with Crippen molar-refractivity contribution in [3.05, 3.63) is 11.9 Å². The molecule has 2 saturated heterocycles. The number of carbonyl (C=O) groups is 2. The number of nitrogens with zero attached hydrogens (tertiary/aromatic N) is 4. The monoisotopic (exact) mass is 324 g/mol. The van der Waals surface area contributed by atoms with E-state index in [9.17, 15) is 9.59 Å². The maximum Gasteiger partial charge on any atom is 0.358 e. The van der Waals surface area contributed by atoms with Gasteiger partial charge in [0.25, 0.3) is 0 Å². The third-order valence-electron chi connectivity index (χ3n) is 4.27. The summed E-state index contributed by atoms with van der Waals surface area (Å²) < 4.78 is 1.54. The molecule has 0 spiro atoms. The van der Waals surface area contributed by atoms with Gasteiger partial charge < -0.3 is 10.0 Å². The molecule has 0 bridgehead atoms. The van der Waals surface area contributed by atoms with E-state index in [2.05, 4.69) is 10.3 Å². The first-order valence-electron chi connectivity index (χ1n) is 7.70. The Balaban J connectivity index is 1.64. The number of aromatic carboxylic acids is 1. The summed E-state index contributed by atoms with van der Waals surface area (Å²) in [7, 11) is 0. The third kappa shape index (κ3) is 3.26. The van der Waals surface area contributed by atoms with E-state index in [1.54, 1.807) is 11.8 Å². The Kier molecular flexibility index (Phi) is 4.66. The Hall–Kier alpha value is -1.57. The number of hydrogen-bond acceptors (Lipinski definition) is 5. The predicted molar refractivity (Wildman–Crippen MR) is 81.8 cm³/mol. The van der Waals surface area contributed by atoms with Gasteiger partial charge in [0.2, 0.25) is 5.91 Å². The zero-order chi connectivity index (χ0) is 15.5. The number of carbonyl (C=O) groups excluding carboxylic acids is 1. The van der Waals surface area contributed by atoms with E-state index >= 15 is 0 Å². The minimum Gasteiger partial charge on any atom is -0.476 e. The summed E-state index contributed by atoms with van der Waals surface area (Å²) in [6, 6.07) is 0.0957. The molecule has 2 aliphatic heterocycles. The number of likely N-dealkylation sites (tertiary alicyclic amines) is 1. The molecule has 2 unspecified atom stereocenters. The van der Waals surface area contributed by atoms with Crippen LogP contribution in [0.1, 0.15) is 42.6 Å². The quantitative estimate of drug-likeness (QED) is 0.897. The highest BCUT2D eigenvalue weighted by atomic mass is 32.2. The Labute approximate surface area is 133 Å². The van der Waals surface area contributed by atoms with Crippen LogP contribution in [0.15, 0.2) is 6.20 Å². The van der Waals surface area contributed by atoms with Crippen molar-refractivity contribution in [1.29, 1.82) is 0 Å². The Morgan fingerprint density at radius 1 is 1.32 bits per heavy atom. The normalized spacial score (nSPS) is 25.4. The summed E-state index contributed by atoms with van der Waals surface area (Å²) in [4.78, 5) is 25.5. The van der Waals surface area contributed by atoms with Gasteiger partial charge in [-0.15, -0.1) is 16.9 Å². The van der Waals surface area contributed by atoms with E-state index in [1.165, 1.54) is 17.3 Å². The van der Waals surface area contributed by atoms with E-state index in [0.29, 0.717) is 6.54 Å². The molecule has 0 radical (unpaired) electrons. The molecular weight excluding hydrogens is 304 g/mol. The molecule has 1 N–H and O–H groups in total. The lowest BCUT2D eigenvalue weighted by Crippen LogP contribution is -2.43. The molecule has 2 fully saturated rings. The van der Waals surface area contributed by atoms with Gasteiger partial charge in [-0.1, -0.05) is 11.6 Å². The molecule has 7 nitrogen and oxygen atoms in total. The fourth-order valence-corrected chi connectivity index (χ4v) is 4.40. The van der Waals surface area contributed by atoms with Crippen molar-refractivity contribution in [2.45, 2.75) is 49.9 Å². The predicted octanol–water partition coefficient (Wildman–Crippen LogP) is 1.25. The van der Waals surface area contributed by atoms with E-state index in [4.69, 9.17) is 5.11 Å². The van der Waals surface area contributed by atoms with E-state index in [0.717, 1.165) is 38.0 Å². The number of rotatable bonds is 4. The first-order valence-corrected chi connectivity index (χ1v) is 8.75. The van der Waals surface area contributed by atoms with Gasteiger partial charge in [-0.2, -0.15) is 0 Å². The molecule has 2 atom stereocenters. The molecule has 3 rings (SSSR count). The molecule has 120 valence electrons. The number of hydrogen-bond donors (Lipinski definition) is 1. The van der Waals surface area contributed by atoms with Crippen LogP contribution in [0.3, 0.4) is 0 Å². The molecule has 0 aliphatic carbocycles. The Morgan fingerprint density at radius 3 is 2.86 bits per heavy atom. The van der Waals surface area contributed by atoms with Crippen LogP contribution in [0.4, 0.5) is 0 Å². The second-order valence-electron chi connectivity index (χ2n) is 5.81. The standard InChI is InChI=1S/C14H20N4O3S/c19-13(12-5-1-2-7-22-12)18-6-3-4-10(18)8-17-9-11(14(20)21)15-16-17/h9-10,12H,1-8H2,(H,20,21). The van der Waals surface area contributed by atoms with Crippen LogP contribution in [0.25, 0.3) is 0 Å². The molecule has 1 amide bonds. The largest absolute Gasteiger partial charge is 0.476 e. The highest BCUT2D eigenvalue weighted by molar-refractivity contribution is 8.00. The number of aromatic nitrogens is 3. The van der Waals surface area contributed by atoms with Gasteiger partial charge in [0.1, 0.15) is 0 Å². The lowest BCUT2D eigenvalue weighted by Gasteiger charge is -2.30. The fraction of sp³-hybridized carbons (Fsp3) is 0.714. The molecule has 22 heavy (non-hydrogen) atoms. The van der Waals surface area contributed by atoms with Crippen LogP contribution in [0, 0.1) is 0 Å². The molecule has 1 aromatic heterocycles. The second-order valence-corrected chi connectivity index (χ2v) is 7.12. The number of carboxylic acids is 1. The first kappa shape index (κ1) is 15.3. The highest BCUT2D eigenvalue weighted by Crippen LogP contribution is 2.29. The van der Waals surface area contributed by atoms with Crippen molar-refractivity contribution >= 4 is 23.6 Å². The average molecular weight is 324 g/mol. The summed E-state index contributed by atoms with van der Waals surface area (Å²) >= 11 is 1.77. The average Bonchev–Trinajstić information content (AvgIpc) is 3.17. The van der Waals surface area contributed by atoms with Crippen molar-refractivity contribution in [3.63, 3.8) is 0 Å². The SMILES string of the molecule is O=C(O)c1cn(CC2CCCN2C(=O)C2CCCCS2)nn1. The lowest BCUT2D eigenvalue weighted by atomic mass is 10.1. The van der Waals surface area contributed by atoms with Crippen LogP contribution >= 0.6 is 11.8 Å². The topological polar surface area (TPSA) is 88.3 Å². The number of carboxylic acid groups (broad SMARTS) is 1. The van der Waals surface area contributed by atoms with Crippen LogP contribution in [-0.2, 0) is 11.3 Å². The van der Waals surface area contributed by atoms with Gasteiger partial charge in [-0.3, -0.25) is 4.79 Å². The van der Waals surface area contributed by atoms with E-state index in [-0.39, 0.29) is 22.9 Å². The van der Waals surface area contributed by atoms with Crippen molar-refractivity contribution < 1.29 is 14.7 Å². The van der Waals surface area contributed by atoms with Gasteiger partial charge in [0.15, 0.2) is 5.69 Å². The number of amides is 1. The summed E-state index contributed by atoms with van der Waals surface area (Å²) in [5.41, 5.74) is -0.0568. The van der Waals surface area contributed by atoms with Crippen LogP contribution in [0.5, 0.6) is 0 Å². The second kappa shape index (κ2) is 6.68. The molecular formula is C14H20N4O3S. The van der Waals surface area contributed by atoms with E-state index in [1.807, 2.05) is 4.90 Å². The van der Waals surface area contributed by atoms with Crippen LogP contribution in [0.2, 0.25) is 0 Å². The summed E-state index contributed by atoms with van der Waals surface area (Å²) in [5, 5.41) is 16.5. The van der Waals surface area contributed by atoms with Gasteiger partial charge in [0, 0.05) is 6.54 Å². The fourth-order valence-electron chi connectivity index (χ4n) is 3.14. The minimum absolute atomic E-state index is 0.0568. The first-order chi connectivity index (χ1) is 10.6. The minimum atomic E-state index is -1.08. The zero-order valence-corrected chi connectivity index (χ0v) is 13.2. The van der Waals surface area contributed by atoms with Gasteiger partial charge in [-0.25, -0.2) is 9.48 Å². The molecule has 8 heteroatoms. The maximum absolute atomic E-state index is 12.7. The smallest absolute Gasteiger partial charge is 0.358 e. The maximum atomic E-state index is 12.7. The van der Waals surface area contributed by atoms with Gasteiger partial charge in [0.05, 0.1) is 24.0 Å². The lowest BCUT2D eigenvalue weighted by molar-refractivity contribution is -0.131. The molecule has 1 aromatic rings. The zero-order valence-electron chi connectivity index (χ0n) is 12.3. The Bertz CT molecular complexity index is 556. The molecule has 2 aliphatic rings. The van der Waals surface area contributed by atoms with Gasteiger partial charge in [-0.05, 0) is 31.4 Å². The van der Waals surface area contributed by atoms with Crippen molar-refractivity contribution in [2.75, 3.05) is 12.3 Å². The molecule has 0 saturated carbocycles. The van der Waals surface area contributed by atoms with Crippen LogP contribution < -0.4 is 0 Å². The summed E-state index contributed by atoms with van der Waals surface area (Å²) in [6.07, 6.45) is 6.67. The summed E-state index contributed by atoms with van der Waals surface area (Å²) in [5.74, 6) is 0.231. The van der Waals surface area contributed by atoms with Gasteiger partial charge >= 0.3 is 5.97 Å². The van der Waals surface area contributed by atoms with Crippen LogP contribution in [-0.4, -0.2) is 60.5 Å². The molecule has 3 heterocycles. The molecule has 0 aromatic carbocycles. The van der Waals surface area contributed by atoms with Crippen molar-refractivity contribution in [3.8, 4) is 0 Å². The third-order valence-corrected chi connectivity index (χ3v) is 5.63. The highest BCUT2D eigenvalue weighted by Gasteiger charge is 2.34. The number of thioether (sulfide) groups is 1. The summed E-state index contributed by atoms with van der Waals surface area (Å²) in [6.45, 7) is 1.31. The van der Waals surface area contributed by atoms with E-state index < -0.39 is 5.97 Å². The van der Waals surface area contributed by atoms with Crippen molar-refractivity contribution in [1.82, 2.24) is 19.9 Å².